The minimum atomic E-state index is -2.45. The molecular weight excluding hydrogens is 156 g/mol. The Morgan fingerprint density at radius 2 is 1.33 bits per heavy atom. The normalized spacial score (nSPS) is 12.0. The van der Waals surface area contributed by atoms with Crippen LogP contribution in [-0.2, 0) is 0 Å². The van der Waals surface area contributed by atoms with Crippen LogP contribution in [0, 0.1) is 0 Å². The zero-order valence-corrected chi connectivity index (χ0v) is 7.79. The topological polar surface area (TPSA) is 60.7 Å². The predicted molar refractivity (Wildman–Crippen MR) is 47.4 cm³/mol. The lowest BCUT2D eigenvalue weighted by Gasteiger charge is -2.12. The van der Waals surface area contributed by atoms with Crippen LogP contribution < -0.4 is 0 Å². The molecule has 12 heavy (non-hydrogen) atoms. The van der Waals surface area contributed by atoms with Gasteiger partial charge in [-0.15, -0.1) is 0 Å². The molecule has 0 saturated carbocycles. The minimum Gasteiger partial charge on any atom is -0.344 e. The van der Waals surface area contributed by atoms with E-state index < -0.39 is 5.97 Å². The summed E-state index contributed by atoms with van der Waals surface area (Å²) in [6, 6.07) is 0. The fourth-order valence-corrected chi connectivity index (χ4v) is 1.14. The molecule has 0 aromatic rings. The molecule has 0 amide bonds. The molecule has 3 nitrogen and oxygen atoms in total. The van der Waals surface area contributed by atoms with E-state index in [0.717, 1.165) is 12.8 Å². The summed E-state index contributed by atoms with van der Waals surface area (Å²) in [6.45, 7) is 2.15. The summed E-state index contributed by atoms with van der Waals surface area (Å²) < 4.78 is 0. The van der Waals surface area contributed by atoms with Gasteiger partial charge in [-0.05, 0) is 6.42 Å². The molecular formula is C9H20O3. The minimum absolute atomic E-state index is 0.0547. The lowest BCUT2D eigenvalue weighted by atomic mass is 10.1. The van der Waals surface area contributed by atoms with Gasteiger partial charge in [-0.2, -0.15) is 0 Å². The summed E-state index contributed by atoms with van der Waals surface area (Å²) in [5.41, 5.74) is 0. The Hall–Kier alpha value is -0.120. The highest BCUT2D eigenvalue weighted by atomic mass is 16.7. The van der Waals surface area contributed by atoms with E-state index in [1.165, 1.54) is 19.3 Å². The van der Waals surface area contributed by atoms with Crippen LogP contribution in [-0.4, -0.2) is 21.3 Å². The van der Waals surface area contributed by atoms with Crippen LogP contribution in [0.15, 0.2) is 0 Å². The van der Waals surface area contributed by atoms with Gasteiger partial charge in [0.05, 0.1) is 0 Å². The van der Waals surface area contributed by atoms with E-state index in [4.69, 9.17) is 15.3 Å². The van der Waals surface area contributed by atoms with Gasteiger partial charge in [-0.1, -0.05) is 39.0 Å². The van der Waals surface area contributed by atoms with Crippen LogP contribution in [0.5, 0.6) is 0 Å². The molecule has 0 bridgehead atoms. The smallest absolute Gasteiger partial charge is 0.275 e. The Morgan fingerprint density at radius 1 is 0.833 bits per heavy atom. The van der Waals surface area contributed by atoms with Crippen molar-refractivity contribution in [1.82, 2.24) is 0 Å². The quantitative estimate of drug-likeness (QED) is 0.405. The third-order valence-electron chi connectivity index (χ3n) is 1.87. The van der Waals surface area contributed by atoms with Gasteiger partial charge >= 0.3 is 0 Å². The molecule has 0 aromatic heterocycles. The highest BCUT2D eigenvalue weighted by Crippen LogP contribution is 2.11. The standard InChI is InChI=1S/C9H20O3/c1-2-3-4-5-6-7-8-9(10,11)12/h10-12H,2-8H2,1H3. The van der Waals surface area contributed by atoms with Crippen molar-refractivity contribution in [1.29, 1.82) is 0 Å². The first-order valence-electron chi connectivity index (χ1n) is 4.73. The van der Waals surface area contributed by atoms with E-state index >= 15 is 0 Å². The SMILES string of the molecule is CCCCCCCCC(O)(O)O. The second kappa shape index (κ2) is 6.40. The molecule has 0 rings (SSSR count). The van der Waals surface area contributed by atoms with E-state index in [0.29, 0.717) is 6.42 Å². The maximum Gasteiger partial charge on any atom is 0.275 e. The van der Waals surface area contributed by atoms with Crippen LogP contribution in [0.4, 0.5) is 0 Å². The summed E-state index contributed by atoms with van der Waals surface area (Å²) >= 11 is 0. The molecule has 0 atom stereocenters. The highest BCUT2D eigenvalue weighted by Gasteiger charge is 2.16. The highest BCUT2D eigenvalue weighted by molar-refractivity contribution is 4.49. The average molecular weight is 176 g/mol. The Morgan fingerprint density at radius 3 is 1.83 bits per heavy atom. The van der Waals surface area contributed by atoms with Gasteiger partial charge in [-0.25, -0.2) is 0 Å². The van der Waals surface area contributed by atoms with E-state index in [1.807, 2.05) is 0 Å². The molecule has 0 fully saturated rings. The molecule has 0 aliphatic rings. The van der Waals surface area contributed by atoms with E-state index in [2.05, 4.69) is 6.92 Å². The van der Waals surface area contributed by atoms with Gasteiger partial charge in [0.2, 0.25) is 0 Å². The fraction of sp³-hybridized carbons (Fsp3) is 1.00. The molecule has 0 saturated heterocycles. The maximum atomic E-state index is 8.53. The first-order chi connectivity index (χ1) is 5.56. The van der Waals surface area contributed by atoms with Crippen LogP contribution in [0.25, 0.3) is 0 Å². The predicted octanol–water partition coefficient (Wildman–Crippen LogP) is 1.37. The Bertz CT molecular complexity index is 96.4. The van der Waals surface area contributed by atoms with Crippen molar-refractivity contribution in [3.63, 3.8) is 0 Å². The van der Waals surface area contributed by atoms with Gasteiger partial charge in [0.1, 0.15) is 0 Å². The average Bonchev–Trinajstić information content (AvgIpc) is 1.94. The van der Waals surface area contributed by atoms with Gasteiger partial charge in [0, 0.05) is 6.42 Å². The zero-order valence-electron chi connectivity index (χ0n) is 7.79. The number of aliphatic hydroxyl groups is 3. The monoisotopic (exact) mass is 176 g/mol. The maximum absolute atomic E-state index is 8.53. The lowest BCUT2D eigenvalue weighted by molar-refractivity contribution is -0.315. The first-order valence-corrected chi connectivity index (χ1v) is 4.73. The number of unbranched alkanes of at least 4 members (excludes halogenated alkanes) is 5. The second-order valence-corrected chi connectivity index (χ2v) is 3.29. The molecule has 0 heterocycles. The second-order valence-electron chi connectivity index (χ2n) is 3.29. The van der Waals surface area contributed by atoms with Crippen molar-refractivity contribution < 1.29 is 15.3 Å². The van der Waals surface area contributed by atoms with Crippen LogP contribution in [0.1, 0.15) is 51.9 Å². The molecule has 0 aliphatic heterocycles. The number of hydrogen-bond donors (Lipinski definition) is 3. The Balaban J connectivity index is 3.01. The molecule has 3 N–H and O–H groups in total. The van der Waals surface area contributed by atoms with Gasteiger partial charge < -0.3 is 15.3 Å². The zero-order chi connectivity index (χ0) is 9.45. The van der Waals surface area contributed by atoms with E-state index in [-0.39, 0.29) is 6.42 Å². The summed E-state index contributed by atoms with van der Waals surface area (Å²) in [6.07, 6.45) is 6.46. The van der Waals surface area contributed by atoms with Crippen LogP contribution >= 0.6 is 0 Å². The fourth-order valence-electron chi connectivity index (χ4n) is 1.14. The van der Waals surface area contributed by atoms with E-state index in [9.17, 15) is 0 Å². The van der Waals surface area contributed by atoms with Crippen molar-refractivity contribution in [2.24, 2.45) is 0 Å². The molecule has 0 spiro atoms. The summed E-state index contributed by atoms with van der Waals surface area (Å²) in [5.74, 6) is -2.45. The van der Waals surface area contributed by atoms with Crippen molar-refractivity contribution in [2.75, 3.05) is 0 Å². The first kappa shape index (κ1) is 11.9. The molecule has 3 heteroatoms. The number of hydrogen-bond acceptors (Lipinski definition) is 3. The summed E-state index contributed by atoms with van der Waals surface area (Å²) in [5, 5.41) is 25.6. The van der Waals surface area contributed by atoms with Crippen molar-refractivity contribution in [3.8, 4) is 0 Å². The Kier molecular flexibility index (Phi) is 6.34. The molecule has 0 aromatic carbocycles. The molecule has 74 valence electrons. The lowest BCUT2D eigenvalue weighted by Crippen LogP contribution is -2.26. The van der Waals surface area contributed by atoms with Crippen molar-refractivity contribution >= 4 is 0 Å². The van der Waals surface area contributed by atoms with E-state index in [1.54, 1.807) is 0 Å². The Labute approximate surface area is 74.0 Å². The largest absolute Gasteiger partial charge is 0.344 e. The van der Waals surface area contributed by atoms with Crippen molar-refractivity contribution in [2.45, 2.75) is 57.8 Å². The number of rotatable bonds is 7. The van der Waals surface area contributed by atoms with Crippen LogP contribution in [0.2, 0.25) is 0 Å². The van der Waals surface area contributed by atoms with Gasteiger partial charge in [0.25, 0.3) is 5.97 Å². The molecule has 0 unspecified atom stereocenters. The third kappa shape index (κ3) is 9.88. The summed E-state index contributed by atoms with van der Waals surface area (Å²) in [4.78, 5) is 0. The van der Waals surface area contributed by atoms with Crippen molar-refractivity contribution in [3.05, 3.63) is 0 Å². The van der Waals surface area contributed by atoms with Crippen LogP contribution in [0.3, 0.4) is 0 Å². The third-order valence-corrected chi connectivity index (χ3v) is 1.87. The van der Waals surface area contributed by atoms with Gasteiger partial charge in [-0.3, -0.25) is 0 Å². The molecule has 0 radical (unpaired) electrons. The van der Waals surface area contributed by atoms with Gasteiger partial charge in [0.15, 0.2) is 0 Å². The molecule has 0 aliphatic carbocycles. The summed E-state index contributed by atoms with van der Waals surface area (Å²) in [7, 11) is 0.